The van der Waals surface area contributed by atoms with Crippen molar-refractivity contribution >= 4 is 21.7 Å². The summed E-state index contributed by atoms with van der Waals surface area (Å²) >= 11 is 3.27. The maximum atomic E-state index is 12.9. The molecule has 98 valence electrons. The average molecular weight is 322 g/mol. The number of pyridine rings is 1. The Hall–Kier alpha value is -1.55. The van der Waals surface area contributed by atoms with Gasteiger partial charge in [-0.15, -0.1) is 0 Å². The van der Waals surface area contributed by atoms with Gasteiger partial charge in [0.1, 0.15) is 11.6 Å². The highest BCUT2D eigenvalue weighted by atomic mass is 79.9. The van der Waals surface area contributed by atoms with Gasteiger partial charge in [0.25, 0.3) is 0 Å². The third-order valence-corrected chi connectivity index (χ3v) is 3.58. The van der Waals surface area contributed by atoms with Gasteiger partial charge in [0, 0.05) is 29.7 Å². The molecule has 0 unspecified atom stereocenters. The second kappa shape index (κ2) is 6.57. The smallest absolute Gasteiger partial charge is 0.137 e. The number of halogens is 2. The Balaban J connectivity index is 1.91. The van der Waals surface area contributed by atoms with Gasteiger partial charge in [-0.05, 0) is 41.8 Å². The van der Waals surface area contributed by atoms with Crippen LogP contribution in [0.1, 0.15) is 17.5 Å². The van der Waals surface area contributed by atoms with Crippen LogP contribution in [0.5, 0.6) is 0 Å². The maximum Gasteiger partial charge on any atom is 0.137 e. The van der Waals surface area contributed by atoms with E-state index in [2.05, 4.69) is 20.9 Å². The fraction of sp³-hybridized carbons (Fsp3) is 0.200. The van der Waals surface area contributed by atoms with E-state index in [0.29, 0.717) is 23.7 Å². The monoisotopic (exact) mass is 321 g/mol. The van der Waals surface area contributed by atoms with Gasteiger partial charge in [-0.25, -0.2) is 4.39 Å². The molecule has 2 nitrogen and oxygen atoms in total. The molecule has 0 saturated carbocycles. The van der Waals surface area contributed by atoms with Crippen LogP contribution in [0, 0.1) is 5.82 Å². The van der Waals surface area contributed by atoms with E-state index in [4.69, 9.17) is 0 Å². The quantitative estimate of drug-likeness (QED) is 0.840. The summed E-state index contributed by atoms with van der Waals surface area (Å²) in [5.41, 5.74) is 1.92. The maximum absolute atomic E-state index is 12.9. The van der Waals surface area contributed by atoms with Gasteiger partial charge in [-0.2, -0.15) is 0 Å². The Labute approximate surface area is 119 Å². The van der Waals surface area contributed by atoms with Gasteiger partial charge in [0.05, 0.1) is 0 Å². The lowest BCUT2D eigenvalue weighted by atomic mass is 10.0. The van der Waals surface area contributed by atoms with Crippen molar-refractivity contribution in [2.75, 3.05) is 0 Å². The second-order valence-corrected chi connectivity index (χ2v) is 5.16. The number of rotatable bonds is 5. The number of benzene rings is 1. The number of hydrogen-bond donors (Lipinski definition) is 0. The van der Waals surface area contributed by atoms with Crippen molar-refractivity contribution < 1.29 is 9.18 Å². The lowest BCUT2D eigenvalue weighted by Gasteiger charge is -2.04. The summed E-state index contributed by atoms with van der Waals surface area (Å²) in [6, 6.07) is 8.20. The third kappa shape index (κ3) is 4.24. The highest BCUT2D eigenvalue weighted by Gasteiger charge is 2.08. The molecular weight excluding hydrogens is 309 g/mol. The second-order valence-electron chi connectivity index (χ2n) is 4.31. The predicted octanol–water partition coefficient (Wildman–Crippen LogP) is 3.73. The van der Waals surface area contributed by atoms with Crippen molar-refractivity contribution in [3.63, 3.8) is 0 Å². The normalized spacial score (nSPS) is 10.4. The first-order valence-corrected chi connectivity index (χ1v) is 6.79. The fourth-order valence-electron chi connectivity index (χ4n) is 1.80. The summed E-state index contributed by atoms with van der Waals surface area (Å²) in [7, 11) is 0. The molecule has 0 fully saturated rings. The molecule has 1 aromatic heterocycles. The molecule has 0 bridgehead atoms. The Morgan fingerprint density at radius 1 is 1.21 bits per heavy atom. The van der Waals surface area contributed by atoms with E-state index in [0.717, 1.165) is 11.1 Å². The Morgan fingerprint density at radius 2 is 1.95 bits per heavy atom. The van der Waals surface area contributed by atoms with Crippen LogP contribution < -0.4 is 0 Å². The topological polar surface area (TPSA) is 30.0 Å². The molecule has 0 N–H and O–H groups in total. The van der Waals surface area contributed by atoms with Crippen LogP contribution in [0.15, 0.2) is 47.2 Å². The lowest BCUT2D eigenvalue weighted by molar-refractivity contribution is -0.118. The van der Waals surface area contributed by atoms with Crippen LogP contribution in [0.25, 0.3) is 0 Å². The number of aromatic nitrogens is 1. The number of carbonyl (C=O) groups excluding carboxylic acids is 1. The minimum atomic E-state index is -0.306. The number of hydrogen-bond acceptors (Lipinski definition) is 2. The minimum Gasteiger partial charge on any atom is -0.299 e. The molecule has 0 amide bonds. The number of aryl methyl sites for hydroxylation is 1. The first-order valence-electron chi connectivity index (χ1n) is 5.99. The van der Waals surface area contributed by atoms with E-state index in [-0.39, 0.29) is 11.6 Å². The van der Waals surface area contributed by atoms with Gasteiger partial charge in [0.15, 0.2) is 0 Å². The third-order valence-electron chi connectivity index (χ3n) is 2.84. The summed E-state index contributed by atoms with van der Waals surface area (Å²) in [5, 5.41) is 0. The number of carbonyl (C=O) groups is 1. The van der Waals surface area contributed by atoms with E-state index < -0.39 is 0 Å². The zero-order chi connectivity index (χ0) is 13.7. The van der Waals surface area contributed by atoms with E-state index in [9.17, 15) is 9.18 Å². The Kier molecular flexibility index (Phi) is 4.80. The molecule has 0 aliphatic heterocycles. The molecule has 2 aromatic rings. The van der Waals surface area contributed by atoms with Gasteiger partial charge in [-0.3, -0.25) is 9.78 Å². The molecule has 0 aliphatic carbocycles. The van der Waals surface area contributed by atoms with Gasteiger partial charge < -0.3 is 0 Å². The van der Waals surface area contributed by atoms with Crippen molar-refractivity contribution in [2.24, 2.45) is 0 Å². The van der Waals surface area contributed by atoms with Crippen molar-refractivity contribution in [2.45, 2.75) is 19.3 Å². The molecule has 4 heteroatoms. The molecule has 0 radical (unpaired) electrons. The van der Waals surface area contributed by atoms with Crippen molar-refractivity contribution in [1.82, 2.24) is 4.98 Å². The van der Waals surface area contributed by atoms with Crippen LogP contribution >= 0.6 is 15.9 Å². The summed E-state index contributed by atoms with van der Waals surface area (Å²) in [6.07, 6.45) is 4.95. The molecule has 19 heavy (non-hydrogen) atoms. The zero-order valence-electron chi connectivity index (χ0n) is 10.3. The Bertz CT molecular complexity index is 572. The summed E-state index contributed by atoms with van der Waals surface area (Å²) in [4.78, 5) is 15.8. The molecule has 0 aliphatic rings. The highest BCUT2D eigenvalue weighted by molar-refractivity contribution is 9.10. The molecule has 0 saturated heterocycles. The minimum absolute atomic E-state index is 0.143. The number of ketones is 1. The van der Waals surface area contributed by atoms with Crippen LogP contribution in [0.2, 0.25) is 0 Å². The van der Waals surface area contributed by atoms with Crippen LogP contribution in [0.4, 0.5) is 4.39 Å². The summed E-state index contributed by atoms with van der Waals surface area (Å²) in [6.45, 7) is 0. The van der Waals surface area contributed by atoms with E-state index >= 15 is 0 Å². The first kappa shape index (κ1) is 13.9. The van der Waals surface area contributed by atoms with Gasteiger partial charge >= 0.3 is 0 Å². The molecule has 0 atom stereocenters. The zero-order valence-corrected chi connectivity index (χ0v) is 11.9. The molecule has 2 rings (SSSR count). The van der Waals surface area contributed by atoms with Crippen molar-refractivity contribution in [3.8, 4) is 0 Å². The van der Waals surface area contributed by atoms with Gasteiger partial charge in [-0.1, -0.05) is 22.0 Å². The fourth-order valence-corrected chi connectivity index (χ4v) is 2.29. The number of Topliss-reactive ketones (excluding diaryl/α,β-unsaturated/α-hetero) is 1. The molecule has 0 spiro atoms. The van der Waals surface area contributed by atoms with E-state index in [1.807, 2.05) is 12.1 Å². The standard InChI is InChI=1S/C15H13BrFNO/c16-15-10-13(17)3-2-12(15)9-14(19)4-1-11-5-7-18-8-6-11/h2-3,5-8,10H,1,4,9H2. The molecule has 1 aromatic carbocycles. The van der Waals surface area contributed by atoms with E-state index in [1.54, 1.807) is 18.5 Å². The highest BCUT2D eigenvalue weighted by Crippen LogP contribution is 2.19. The number of nitrogens with zero attached hydrogens (tertiary/aromatic N) is 1. The van der Waals surface area contributed by atoms with Crippen molar-refractivity contribution in [3.05, 3.63) is 64.1 Å². The Morgan fingerprint density at radius 3 is 2.63 bits per heavy atom. The SMILES string of the molecule is O=C(CCc1ccncc1)Cc1ccc(F)cc1Br. The van der Waals surface area contributed by atoms with Gasteiger partial charge in [0.2, 0.25) is 0 Å². The first-order chi connectivity index (χ1) is 9.15. The lowest BCUT2D eigenvalue weighted by Crippen LogP contribution is -2.05. The van der Waals surface area contributed by atoms with Crippen LogP contribution in [-0.4, -0.2) is 10.8 Å². The largest absolute Gasteiger partial charge is 0.299 e. The molecule has 1 heterocycles. The summed E-state index contributed by atoms with van der Waals surface area (Å²) in [5.74, 6) is -0.163. The van der Waals surface area contributed by atoms with Crippen LogP contribution in [0.3, 0.4) is 0 Å². The average Bonchev–Trinajstić information content (AvgIpc) is 2.41. The van der Waals surface area contributed by atoms with Crippen molar-refractivity contribution in [1.29, 1.82) is 0 Å². The van der Waals surface area contributed by atoms with Crippen LogP contribution in [-0.2, 0) is 17.6 Å². The molecular formula is C15H13BrFNO. The predicted molar refractivity (Wildman–Crippen MR) is 75.4 cm³/mol. The van der Waals surface area contributed by atoms with E-state index in [1.165, 1.54) is 12.1 Å². The summed E-state index contributed by atoms with van der Waals surface area (Å²) < 4.78 is 13.6.